The van der Waals surface area contributed by atoms with E-state index in [4.69, 9.17) is 0 Å². The number of Topliss-reactive ketones (excluding diaryl/α,β-unsaturated/α-hetero) is 1. The number of aromatic nitrogens is 1. The Kier molecular flexibility index (Phi) is 3.89. The third-order valence-electron chi connectivity index (χ3n) is 2.58. The maximum Gasteiger partial charge on any atom is 0.419 e. The normalized spacial score (nSPS) is 11.7. The first-order valence-corrected chi connectivity index (χ1v) is 6.47. The van der Waals surface area contributed by atoms with E-state index in [-0.39, 0.29) is 6.42 Å². The van der Waals surface area contributed by atoms with Crippen LogP contribution >= 0.6 is 11.3 Å². The summed E-state index contributed by atoms with van der Waals surface area (Å²) in [6.45, 7) is 1.73. The number of benzene rings is 1. The van der Waals surface area contributed by atoms with E-state index in [1.165, 1.54) is 11.3 Å². The number of carbonyl (C=O) groups is 1. The zero-order chi connectivity index (χ0) is 14.9. The van der Waals surface area contributed by atoms with Crippen molar-refractivity contribution in [3.8, 4) is 0 Å². The van der Waals surface area contributed by atoms with Gasteiger partial charge >= 0.3 is 6.18 Å². The molecule has 0 aliphatic rings. The van der Waals surface area contributed by atoms with Crippen LogP contribution in [0.1, 0.15) is 26.6 Å². The molecule has 1 aromatic carbocycles. The number of alkyl halides is 3. The smallest absolute Gasteiger partial charge is 0.294 e. The highest BCUT2D eigenvalue weighted by Crippen LogP contribution is 2.32. The molecule has 0 fully saturated rings. The molecular formula is C13H9F4NOS. The summed E-state index contributed by atoms with van der Waals surface area (Å²) in [7, 11) is 0. The summed E-state index contributed by atoms with van der Waals surface area (Å²) >= 11 is 1.21. The predicted molar refractivity (Wildman–Crippen MR) is 66.3 cm³/mol. The van der Waals surface area contributed by atoms with Crippen molar-refractivity contribution in [1.29, 1.82) is 0 Å². The molecule has 0 N–H and O–H groups in total. The highest BCUT2D eigenvalue weighted by atomic mass is 32.1. The molecule has 0 bridgehead atoms. The van der Waals surface area contributed by atoms with Crippen LogP contribution in [0.15, 0.2) is 23.6 Å². The molecule has 106 valence electrons. The molecule has 0 aliphatic heterocycles. The van der Waals surface area contributed by atoms with Gasteiger partial charge in [0.05, 0.1) is 17.5 Å². The summed E-state index contributed by atoms with van der Waals surface area (Å²) in [5, 5.41) is 2.16. The zero-order valence-electron chi connectivity index (χ0n) is 10.3. The lowest BCUT2D eigenvalue weighted by molar-refractivity contribution is -0.140. The van der Waals surface area contributed by atoms with Crippen molar-refractivity contribution < 1.29 is 22.4 Å². The minimum atomic E-state index is -4.82. The van der Waals surface area contributed by atoms with E-state index >= 15 is 0 Å². The van der Waals surface area contributed by atoms with E-state index in [1.807, 2.05) is 0 Å². The van der Waals surface area contributed by atoms with Gasteiger partial charge in [0.1, 0.15) is 10.8 Å². The number of nitrogens with zero attached hydrogens (tertiary/aromatic N) is 1. The number of carbonyl (C=O) groups excluding carboxylic acids is 1. The molecule has 1 aromatic heterocycles. The second kappa shape index (κ2) is 5.32. The van der Waals surface area contributed by atoms with Crippen LogP contribution in [0.5, 0.6) is 0 Å². The quantitative estimate of drug-likeness (QED) is 0.633. The molecule has 0 aliphatic carbocycles. The van der Waals surface area contributed by atoms with Crippen LogP contribution in [0.4, 0.5) is 17.6 Å². The molecule has 0 unspecified atom stereocenters. The molecule has 0 amide bonds. The summed E-state index contributed by atoms with van der Waals surface area (Å²) in [4.78, 5) is 15.9. The highest BCUT2D eigenvalue weighted by molar-refractivity contribution is 7.09. The number of rotatable bonds is 3. The number of halogens is 4. The minimum absolute atomic E-state index is 0.212. The molecule has 2 rings (SSSR count). The van der Waals surface area contributed by atoms with Gasteiger partial charge in [-0.1, -0.05) is 6.07 Å². The number of aryl methyl sites for hydroxylation is 1. The van der Waals surface area contributed by atoms with Gasteiger partial charge in [-0.15, -0.1) is 11.3 Å². The predicted octanol–water partition coefficient (Wildman–Crippen LogP) is 4.03. The van der Waals surface area contributed by atoms with E-state index in [1.54, 1.807) is 12.3 Å². The largest absolute Gasteiger partial charge is 0.419 e. The van der Waals surface area contributed by atoms with Crippen LogP contribution in [-0.4, -0.2) is 10.8 Å². The van der Waals surface area contributed by atoms with E-state index in [0.29, 0.717) is 16.8 Å². The lowest BCUT2D eigenvalue weighted by Gasteiger charge is -2.10. The Balaban J connectivity index is 2.31. The fourth-order valence-electron chi connectivity index (χ4n) is 1.68. The van der Waals surface area contributed by atoms with Crippen molar-refractivity contribution >= 4 is 17.1 Å². The lowest BCUT2D eigenvalue weighted by atomic mass is 10.0. The van der Waals surface area contributed by atoms with Gasteiger partial charge in [0.2, 0.25) is 0 Å². The first-order valence-electron chi connectivity index (χ1n) is 5.59. The van der Waals surface area contributed by atoms with E-state index in [0.717, 1.165) is 12.1 Å². The van der Waals surface area contributed by atoms with Crippen molar-refractivity contribution in [3.05, 3.63) is 51.2 Å². The first kappa shape index (κ1) is 14.6. The molecule has 0 atom stereocenters. The number of hydrogen-bond acceptors (Lipinski definition) is 3. The van der Waals surface area contributed by atoms with Crippen LogP contribution in [0.3, 0.4) is 0 Å². The molecule has 0 radical (unpaired) electrons. The van der Waals surface area contributed by atoms with Gasteiger partial charge in [0.15, 0.2) is 5.78 Å². The molecule has 2 aromatic rings. The summed E-state index contributed by atoms with van der Waals surface area (Å²) in [6.07, 6.45) is -5.03. The average Bonchev–Trinajstić information content (AvgIpc) is 2.73. The van der Waals surface area contributed by atoms with Crippen molar-refractivity contribution in [3.63, 3.8) is 0 Å². The molecule has 7 heteroatoms. The fraction of sp³-hybridized carbons (Fsp3) is 0.231. The zero-order valence-corrected chi connectivity index (χ0v) is 11.1. The highest BCUT2D eigenvalue weighted by Gasteiger charge is 2.35. The standard InChI is InChI=1S/C13H9F4NOS/c1-7-6-20-11(18-7)5-10(19)8-3-2-4-9(12(8)14)13(15,16)17/h2-4,6H,5H2,1H3. The molecule has 0 spiro atoms. The van der Waals surface area contributed by atoms with E-state index in [9.17, 15) is 22.4 Å². The Labute approximate surface area is 116 Å². The maximum atomic E-state index is 13.8. The van der Waals surface area contributed by atoms with Crippen molar-refractivity contribution in [2.24, 2.45) is 0 Å². The Morgan fingerprint density at radius 1 is 1.35 bits per heavy atom. The average molecular weight is 303 g/mol. The summed E-state index contributed by atoms with van der Waals surface area (Å²) < 4.78 is 51.5. The molecule has 20 heavy (non-hydrogen) atoms. The van der Waals surface area contributed by atoms with E-state index in [2.05, 4.69) is 4.98 Å². The number of hydrogen-bond donors (Lipinski definition) is 0. The Morgan fingerprint density at radius 2 is 2.05 bits per heavy atom. The molecule has 0 saturated heterocycles. The van der Waals surface area contributed by atoms with Gasteiger partial charge in [0.25, 0.3) is 0 Å². The number of ketones is 1. The van der Waals surface area contributed by atoms with Crippen LogP contribution in [0.2, 0.25) is 0 Å². The summed E-state index contributed by atoms with van der Waals surface area (Å²) in [6, 6.07) is 2.68. The summed E-state index contributed by atoms with van der Waals surface area (Å²) in [5.41, 5.74) is -1.28. The van der Waals surface area contributed by atoms with Crippen LogP contribution in [0, 0.1) is 12.7 Å². The van der Waals surface area contributed by atoms with Crippen molar-refractivity contribution in [2.75, 3.05) is 0 Å². The van der Waals surface area contributed by atoms with Gasteiger partial charge in [-0.2, -0.15) is 13.2 Å². The first-order chi connectivity index (χ1) is 9.29. The SMILES string of the molecule is Cc1csc(CC(=O)c2cccc(C(F)(F)F)c2F)n1. The maximum absolute atomic E-state index is 13.8. The van der Waals surface area contributed by atoms with E-state index < -0.39 is 28.9 Å². The van der Waals surface area contributed by atoms with Gasteiger partial charge in [-0.05, 0) is 19.1 Å². The second-order valence-corrected chi connectivity index (χ2v) is 5.09. The van der Waals surface area contributed by atoms with Crippen LogP contribution in [-0.2, 0) is 12.6 Å². The van der Waals surface area contributed by atoms with Crippen molar-refractivity contribution in [2.45, 2.75) is 19.5 Å². The summed E-state index contributed by atoms with van der Waals surface area (Å²) in [5.74, 6) is -2.25. The van der Waals surface area contributed by atoms with Gasteiger partial charge in [-0.3, -0.25) is 4.79 Å². The monoisotopic (exact) mass is 303 g/mol. The topological polar surface area (TPSA) is 30.0 Å². The Hall–Kier alpha value is -1.76. The molecular weight excluding hydrogens is 294 g/mol. The third kappa shape index (κ3) is 3.04. The second-order valence-electron chi connectivity index (χ2n) is 4.15. The Bertz CT molecular complexity index is 648. The molecule has 0 saturated carbocycles. The lowest BCUT2D eigenvalue weighted by Crippen LogP contribution is -2.13. The number of thiazole rings is 1. The van der Waals surface area contributed by atoms with Gasteiger partial charge in [-0.25, -0.2) is 9.37 Å². The Morgan fingerprint density at radius 3 is 2.60 bits per heavy atom. The van der Waals surface area contributed by atoms with Crippen molar-refractivity contribution in [1.82, 2.24) is 4.98 Å². The molecule has 2 nitrogen and oxygen atoms in total. The van der Waals surface area contributed by atoms with Crippen LogP contribution in [0.25, 0.3) is 0 Å². The van der Waals surface area contributed by atoms with Gasteiger partial charge < -0.3 is 0 Å². The van der Waals surface area contributed by atoms with Gasteiger partial charge in [0, 0.05) is 11.1 Å². The fourth-order valence-corrected chi connectivity index (χ4v) is 2.45. The van der Waals surface area contributed by atoms with Crippen LogP contribution < -0.4 is 0 Å². The molecule has 1 heterocycles. The minimum Gasteiger partial charge on any atom is -0.294 e. The third-order valence-corrected chi connectivity index (χ3v) is 3.55.